The highest BCUT2D eigenvalue weighted by molar-refractivity contribution is 7.91. The average molecular weight is 306 g/mol. The molecule has 1 aliphatic carbocycles. The van der Waals surface area contributed by atoms with Crippen LogP contribution in [-0.2, 0) is 9.84 Å². The van der Waals surface area contributed by atoms with Gasteiger partial charge in [-0.2, -0.15) is 5.26 Å². The van der Waals surface area contributed by atoms with Crippen LogP contribution in [0.15, 0.2) is 29.2 Å². The third kappa shape index (κ3) is 4.83. The summed E-state index contributed by atoms with van der Waals surface area (Å²) >= 11 is 0. The third-order valence-electron chi connectivity index (χ3n) is 3.95. The Morgan fingerprint density at radius 2 is 2.00 bits per heavy atom. The number of nitriles is 1. The van der Waals surface area contributed by atoms with E-state index in [1.165, 1.54) is 25.0 Å². The Morgan fingerprint density at radius 3 is 2.52 bits per heavy atom. The van der Waals surface area contributed by atoms with Crippen molar-refractivity contribution in [3.63, 3.8) is 0 Å². The van der Waals surface area contributed by atoms with Crippen molar-refractivity contribution in [2.24, 2.45) is 5.92 Å². The molecule has 0 aromatic heterocycles. The first-order chi connectivity index (χ1) is 10.0. The van der Waals surface area contributed by atoms with Crippen LogP contribution < -0.4 is 5.32 Å². The molecule has 4 nitrogen and oxygen atoms in total. The summed E-state index contributed by atoms with van der Waals surface area (Å²) in [6, 6.07) is 8.52. The molecule has 1 aromatic carbocycles. The summed E-state index contributed by atoms with van der Waals surface area (Å²) < 4.78 is 24.4. The molecule has 1 aliphatic rings. The normalized spacial score (nSPS) is 16.4. The number of rotatable bonds is 8. The number of sulfone groups is 1. The first kappa shape index (κ1) is 16.0. The van der Waals surface area contributed by atoms with Gasteiger partial charge in [-0.1, -0.05) is 19.8 Å². The van der Waals surface area contributed by atoms with Gasteiger partial charge in [0.2, 0.25) is 0 Å². The van der Waals surface area contributed by atoms with E-state index >= 15 is 0 Å². The first-order valence-electron chi connectivity index (χ1n) is 7.51. The van der Waals surface area contributed by atoms with Crippen LogP contribution in [0.3, 0.4) is 0 Å². The lowest BCUT2D eigenvalue weighted by molar-refractivity contribution is 0.456. The maximum absolute atomic E-state index is 12.2. The standard InChI is InChI=1S/C16H22N2O2S/c1-2-15(11-13-3-4-13)18-9-10-21(19,20)16-7-5-14(12-17)6-8-16/h5-8,13,15,18H,2-4,9-11H2,1H3. The van der Waals surface area contributed by atoms with Gasteiger partial charge in [0, 0.05) is 12.6 Å². The quantitative estimate of drug-likeness (QED) is 0.801. The van der Waals surface area contributed by atoms with Gasteiger partial charge in [0.1, 0.15) is 0 Å². The van der Waals surface area contributed by atoms with Crippen molar-refractivity contribution in [1.82, 2.24) is 5.32 Å². The highest BCUT2D eigenvalue weighted by Gasteiger charge is 2.24. The second-order valence-electron chi connectivity index (χ2n) is 5.69. The number of hydrogen-bond donors (Lipinski definition) is 1. The van der Waals surface area contributed by atoms with Gasteiger partial charge in [0.25, 0.3) is 0 Å². The molecule has 114 valence electrons. The van der Waals surface area contributed by atoms with Crippen molar-refractivity contribution in [3.05, 3.63) is 29.8 Å². The molecule has 0 aliphatic heterocycles. The molecule has 5 heteroatoms. The Balaban J connectivity index is 1.86. The van der Waals surface area contributed by atoms with Crippen LogP contribution in [0.1, 0.15) is 38.2 Å². The van der Waals surface area contributed by atoms with E-state index < -0.39 is 9.84 Å². The van der Waals surface area contributed by atoms with Gasteiger partial charge in [-0.25, -0.2) is 8.42 Å². The topological polar surface area (TPSA) is 70.0 Å². The second kappa shape index (κ2) is 7.06. The van der Waals surface area contributed by atoms with Crippen molar-refractivity contribution >= 4 is 9.84 Å². The molecule has 0 heterocycles. The van der Waals surface area contributed by atoms with Gasteiger partial charge in [0.05, 0.1) is 22.3 Å². The number of benzene rings is 1. The molecule has 2 rings (SSSR count). The predicted octanol–water partition coefficient (Wildman–Crippen LogP) is 2.50. The van der Waals surface area contributed by atoms with Crippen molar-refractivity contribution in [2.75, 3.05) is 12.3 Å². The van der Waals surface area contributed by atoms with E-state index in [0.717, 1.165) is 18.8 Å². The zero-order valence-corrected chi connectivity index (χ0v) is 13.2. The van der Waals surface area contributed by atoms with Crippen molar-refractivity contribution in [2.45, 2.75) is 43.5 Å². The van der Waals surface area contributed by atoms with Gasteiger partial charge in [-0.15, -0.1) is 0 Å². The lowest BCUT2D eigenvalue weighted by Gasteiger charge is -2.16. The minimum Gasteiger partial charge on any atom is -0.313 e. The zero-order chi connectivity index (χ0) is 15.3. The molecule has 1 atom stereocenters. The monoisotopic (exact) mass is 306 g/mol. The van der Waals surface area contributed by atoms with Gasteiger partial charge < -0.3 is 5.32 Å². The number of nitrogens with zero attached hydrogens (tertiary/aromatic N) is 1. The van der Waals surface area contributed by atoms with Crippen LogP contribution in [0.5, 0.6) is 0 Å². The Labute approximate surface area is 127 Å². The molecular weight excluding hydrogens is 284 g/mol. The van der Waals surface area contributed by atoms with Crippen LogP contribution in [0.4, 0.5) is 0 Å². The highest BCUT2D eigenvalue weighted by Crippen LogP contribution is 2.33. The molecule has 1 saturated carbocycles. The summed E-state index contributed by atoms with van der Waals surface area (Å²) in [4.78, 5) is 0.290. The number of nitrogens with one attached hydrogen (secondary N) is 1. The van der Waals surface area contributed by atoms with E-state index in [9.17, 15) is 8.42 Å². The molecular formula is C16H22N2O2S. The average Bonchev–Trinajstić information content (AvgIpc) is 3.30. The molecule has 1 unspecified atom stereocenters. The van der Waals surface area contributed by atoms with E-state index in [1.54, 1.807) is 12.1 Å². The van der Waals surface area contributed by atoms with E-state index in [-0.39, 0.29) is 5.75 Å². The minimum atomic E-state index is -3.27. The fourth-order valence-electron chi connectivity index (χ4n) is 2.40. The Bertz CT molecular complexity index is 598. The van der Waals surface area contributed by atoms with Crippen LogP contribution in [0.25, 0.3) is 0 Å². The fraction of sp³-hybridized carbons (Fsp3) is 0.562. The third-order valence-corrected chi connectivity index (χ3v) is 5.69. The smallest absolute Gasteiger partial charge is 0.179 e. The molecule has 1 aromatic rings. The van der Waals surface area contributed by atoms with Crippen molar-refractivity contribution < 1.29 is 8.42 Å². The maximum Gasteiger partial charge on any atom is 0.179 e. The number of hydrogen-bond acceptors (Lipinski definition) is 4. The summed E-state index contributed by atoms with van der Waals surface area (Å²) in [5.41, 5.74) is 0.475. The molecule has 0 bridgehead atoms. The Kier molecular flexibility index (Phi) is 5.38. The molecule has 0 radical (unpaired) electrons. The first-order valence-corrected chi connectivity index (χ1v) is 9.16. The predicted molar refractivity (Wildman–Crippen MR) is 82.6 cm³/mol. The van der Waals surface area contributed by atoms with Crippen LogP contribution in [0.2, 0.25) is 0 Å². The van der Waals surface area contributed by atoms with Crippen molar-refractivity contribution in [3.8, 4) is 6.07 Å². The van der Waals surface area contributed by atoms with Crippen molar-refractivity contribution in [1.29, 1.82) is 5.26 Å². The van der Waals surface area contributed by atoms with Crippen LogP contribution in [-0.4, -0.2) is 26.8 Å². The van der Waals surface area contributed by atoms with E-state index in [2.05, 4.69) is 12.2 Å². The summed E-state index contributed by atoms with van der Waals surface area (Å²) in [5, 5.41) is 12.1. The fourth-order valence-corrected chi connectivity index (χ4v) is 3.58. The molecule has 1 fully saturated rings. The zero-order valence-electron chi connectivity index (χ0n) is 12.4. The second-order valence-corrected chi connectivity index (χ2v) is 7.80. The van der Waals surface area contributed by atoms with Gasteiger partial charge in [-0.3, -0.25) is 0 Å². The largest absolute Gasteiger partial charge is 0.313 e. The van der Waals surface area contributed by atoms with Gasteiger partial charge in [0.15, 0.2) is 9.84 Å². The van der Waals surface area contributed by atoms with E-state index in [0.29, 0.717) is 23.0 Å². The van der Waals surface area contributed by atoms with Crippen LogP contribution >= 0.6 is 0 Å². The summed E-state index contributed by atoms with van der Waals surface area (Å²) in [6.07, 6.45) is 4.84. The Hall–Kier alpha value is -1.38. The van der Waals surface area contributed by atoms with Gasteiger partial charge in [-0.05, 0) is 43.0 Å². The molecule has 1 N–H and O–H groups in total. The van der Waals surface area contributed by atoms with Crippen LogP contribution in [0, 0.1) is 17.2 Å². The SMILES string of the molecule is CCC(CC1CC1)NCCS(=O)(=O)c1ccc(C#N)cc1. The summed E-state index contributed by atoms with van der Waals surface area (Å²) in [6.45, 7) is 2.61. The molecule has 0 amide bonds. The maximum atomic E-state index is 12.2. The highest BCUT2D eigenvalue weighted by atomic mass is 32.2. The summed E-state index contributed by atoms with van der Waals surface area (Å²) in [7, 11) is -3.27. The van der Waals surface area contributed by atoms with E-state index in [4.69, 9.17) is 5.26 Å². The van der Waals surface area contributed by atoms with E-state index in [1.807, 2.05) is 6.07 Å². The molecule has 0 saturated heterocycles. The molecule has 21 heavy (non-hydrogen) atoms. The molecule has 0 spiro atoms. The Morgan fingerprint density at radius 1 is 1.33 bits per heavy atom. The lowest BCUT2D eigenvalue weighted by atomic mass is 10.1. The van der Waals surface area contributed by atoms with Gasteiger partial charge >= 0.3 is 0 Å². The lowest BCUT2D eigenvalue weighted by Crippen LogP contribution is -2.33. The summed E-state index contributed by atoms with van der Waals surface area (Å²) in [5.74, 6) is 0.942. The minimum absolute atomic E-state index is 0.0973.